The molecule has 2 unspecified atom stereocenters. The van der Waals surface area contributed by atoms with Crippen LogP contribution in [0.25, 0.3) is 0 Å². The Hall–Kier alpha value is -2.91. The molecule has 0 saturated carbocycles. The maximum Gasteiger partial charge on any atom is 0.339 e. The summed E-state index contributed by atoms with van der Waals surface area (Å²) in [6.45, 7) is 3.64. The predicted octanol–water partition coefficient (Wildman–Crippen LogP) is 1.57. The predicted molar refractivity (Wildman–Crippen MR) is 112 cm³/mol. The maximum absolute atomic E-state index is 12.9. The summed E-state index contributed by atoms with van der Waals surface area (Å²) in [5.41, 5.74) is 2.09. The molecule has 1 N–H and O–H groups in total. The van der Waals surface area contributed by atoms with Gasteiger partial charge in [-0.25, -0.2) is 4.79 Å². The molecule has 0 aromatic heterocycles. The molecule has 0 radical (unpaired) electrons. The second kappa shape index (κ2) is 8.55. The molecule has 2 heterocycles. The topological polar surface area (TPSA) is 112 Å². The normalized spacial score (nSPS) is 27.3. The highest BCUT2D eigenvalue weighted by molar-refractivity contribution is 5.94. The number of benzene rings is 1. The van der Waals surface area contributed by atoms with Gasteiger partial charge in [-0.3, -0.25) is 14.5 Å². The molecule has 3 aliphatic rings. The van der Waals surface area contributed by atoms with E-state index >= 15 is 0 Å². The molecule has 32 heavy (non-hydrogen) atoms. The smallest absolute Gasteiger partial charge is 0.339 e. The summed E-state index contributed by atoms with van der Waals surface area (Å²) in [4.78, 5) is 39.0. The van der Waals surface area contributed by atoms with E-state index in [0.29, 0.717) is 11.1 Å². The highest BCUT2D eigenvalue weighted by atomic mass is 16.6. The van der Waals surface area contributed by atoms with Crippen molar-refractivity contribution in [1.82, 2.24) is 4.90 Å². The molecule has 4 rings (SSSR count). The van der Waals surface area contributed by atoms with Gasteiger partial charge in [0.1, 0.15) is 0 Å². The first-order chi connectivity index (χ1) is 15.2. The Kier molecular flexibility index (Phi) is 5.96. The number of carbonyl (C=O) groups is 3. The number of hydrogen-bond donors (Lipinski definition) is 1. The number of rotatable bonds is 5. The van der Waals surface area contributed by atoms with E-state index in [1.54, 1.807) is 6.07 Å². The molecule has 9 nitrogen and oxygen atoms in total. The summed E-state index contributed by atoms with van der Waals surface area (Å²) in [5.74, 6) is -1.59. The van der Waals surface area contributed by atoms with Crippen molar-refractivity contribution < 1.29 is 38.4 Å². The first-order valence-corrected chi connectivity index (χ1v) is 10.6. The molecule has 1 saturated heterocycles. The second-order valence-corrected chi connectivity index (χ2v) is 8.50. The lowest BCUT2D eigenvalue weighted by molar-refractivity contribution is -0.151. The van der Waals surface area contributed by atoms with E-state index in [1.165, 1.54) is 27.0 Å². The molecule has 2 aliphatic heterocycles. The van der Waals surface area contributed by atoms with Crippen molar-refractivity contribution in [2.45, 2.75) is 57.0 Å². The Morgan fingerprint density at radius 3 is 2.72 bits per heavy atom. The Balaban J connectivity index is 1.80. The zero-order chi connectivity index (χ0) is 23.2. The molecule has 0 bridgehead atoms. The summed E-state index contributed by atoms with van der Waals surface area (Å²) in [6.07, 6.45) is 0.271. The minimum absolute atomic E-state index is 0.0481. The molecule has 5 atom stereocenters. The van der Waals surface area contributed by atoms with E-state index in [4.69, 9.17) is 18.9 Å². The van der Waals surface area contributed by atoms with Gasteiger partial charge in [0.25, 0.3) is 0 Å². The van der Waals surface area contributed by atoms with Crippen LogP contribution >= 0.6 is 0 Å². The van der Waals surface area contributed by atoms with Gasteiger partial charge in [-0.15, -0.1) is 0 Å². The zero-order valence-electron chi connectivity index (χ0n) is 18.5. The Morgan fingerprint density at radius 2 is 2.06 bits per heavy atom. The van der Waals surface area contributed by atoms with Gasteiger partial charge in [-0.05, 0) is 44.2 Å². The molecular weight excluding hydrogens is 418 g/mol. The van der Waals surface area contributed by atoms with Crippen LogP contribution in [0.5, 0.6) is 11.5 Å². The lowest BCUT2D eigenvalue weighted by Crippen LogP contribution is -2.51. The molecule has 1 aromatic carbocycles. The minimum atomic E-state index is -0.854. The van der Waals surface area contributed by atoms with Gasteiger partial charge < -0.3 is 24.1 Å². The summed E-state index contributed by atoms with van der Waals surface area (Å²) in [7, 11) is 3.41. The highest BCUT2D eigenvalue weighted by Gasteiger charge is 2.52. The van der Waals surface area contributed by atoms with E-state index in [2.05, 4.69) is 4.90 Å². The molecule has 172 valence electrons. The number of esters is 3. The highest BCUT2D eigenvalue weighted by Crippen LogP contribution is 2.48. The van der Waals surface area contributed by atoms with E-state index in [0.717, 1.165) is 18.5 Å². The number of hydrogen-bond acceptors (Lipinski definition) is 9. The fourth-order valence-electron chi connectivity index (χ4n) is 4.89. The number of methoxy groups -OCH3 is 1. The van der Waals surface area contributed by atoms with Crippen LogP contribution < -0.4 is 9.47 Å². The van der Waals surface area contributed by atoms with Crippen molar-refractivity contribution in [3.8, 4) is 11.5 Å². The Labute approximate surface area is 185 Å². The summed E-state index contributed by atoms with van der Waals surface area (Å²) in [6, 6.07) is 3.09. The number of nitrogens with zero attached hydrogens (tertiary/aromatic N) is 1. The Bertz CT molecular complexity index is 984. The van der Waals surface area contributed by atoms with Crippen molar-refractivity contribution in [3.63, 3.8) is 0 Å². The van der Waals surface area contributed by atoms with Gasteiger partial charge in [0.15, 0.2) is 23.7 Å². The first-order valence-electron chi connectivity index (χ1n) is 10.6. The largest absolute Gasteiger partial charge is 0.493 e. The molecule has 9 heteroatoms. The molecule has 0 amide bonds. The van der Waals surface area contributed by atoms with Gasteiger partial charge in [-0.1, -0.05) is 5.57 Å². The number of ether oxygens (including phenoxy) is 4. The van der Waals surface area contributed by atoms with E-state index in [9.17, 15) is 19.5 Å². The fraction of sp³-hybridized carbons (Fsp3) is 0.522. The number of fused-ring (bicyclic) bond motifs is 5. The van der Waals surface area contributed by atoms with Crippen molar-refractivity contribution in [2.24, 2.45) is 0 Å². The fourth-order valence-corrected chi connectivity index (χ4v) is 4.89. The lowest BCUT2D eigenvalue weighted by atomic mass is 9.73. The van der Waals surface area contributed by atoms with Crippen LogP contribution in [0.15, 0.2) is 23.8 Å². The summed E-state index contributed by atoms with van der Waals surface area (Å²) in [5, 5.41) is 9.50. The van der Waals surface area contributed by atoms with Crippen molar-refractivity contribution in [1.29, 1.82) is 0 Å². The van der Waals surface area contributed by atoms with Crippen LogP contribution in [-0.2, 0) is 19.1 Å². The van der Waals surface area contributed by atoms with Crippen molar-refractivity contribution in [3.05, 3.63) is 34.9 Å². The molecular formula is C23H27NO8. The summed E-state index contributed by atoms with van der Waals surface area (Å²) >= 11 is 0. The van der Waals surface area contributed by atoms with Gasteiger partial charge >= 0.3 is 17.9 Å². The molecule has 1 aromatic rings. The average Bonchev–Trinajstić information content (AvgIpc) is 3.07. The third-order valence-electron chi connectivity index (χ3n) is 6.15. The SMILES string of the molecule is COc1cc2c(cc1OC(=O)CC(C)O)[C@H]1C3C(=C[C@H](OC(C)=O)[C@H]1OC2=O)CCN3C. The average molecular weight is 445 g/mol. The van der Waals surface area contributed by atoms with Gasteiger partial charge in [0, 0.05) is 25.4 Å². The van der Waals surface area contributed by atoms with Gasteiger partial charge in [0.05, 0.1) is 25.2 Å². The van der Waals surface area contributed by atoms with Crippen LogP contribution in [0.2, 0.25) is 0 Å². The third kappa shape index (κ3) is 3.98. The summed E-state index contributed by atoms with van der Waals surface area (Å²) < 4.78 is 22.1. The number of aliphatic hydroxyl groups excluding tert-OH is 1. The van der Waals surface area contributed by atoms with Crippen LogP contribution in [0.4, 0.5) is 0 Å². The van der Waals surface area contributed by atoms with Gasteiger partial charge in [-0.2, -0.15) is 0 Å². The van der Waals surface area contributed by atoms with Crippen LogP contribution in [0, 0.1) is 0 Å². The van der Waals surface area contributed by atoms with Crippen LogP contribution in [0.1, 0.15) is 48.5 Å². The number of likely N-dealkylation sites (N-methyl/N-ethyl adjacent to an activating group) is 1. The van der Waals surface area contributed by atoms with E-state index in [-0.39, 0.29) is 29.9 Å². The van der Waals surface area contributed by atoms with Gasteiger partial charge in [0.2, 0.25) is 0 Å². The lowest BCUT2D eigenvalue weighted by Gasteiger charge is -2.44. The molecule has 0 spiro atoms. The van der Waals surface area contributed by atoms with E-state index in [1.807, 2.05) is 13.1 Å². The van der Waals surface area contributed by atoms with Crippen molar-refractivity contribution in [2.75, 3.05) is 20.7 Å². The number of aliphatic hydroxyl groups is 1. The first kappa shape index (κ1) is 22.3. The molecule has 1 aliphatic carbocycles. The second-order valence-electron chi connectivity index (χ2n) is 8.50. The standard InChI is InChI=1S/C23H27NO8/c1-11(25)7-19(27)31-17-9-14-15(10-16(17)29-4)23(28)32-22-18(30-12(2)26)8-13-5-6-24(3)21(13)20(14)22/h8-11,18,20-22,25H,5-7H2,1-4H3/t11?,18-,20-,21?,22+/m0/s1. The maximum atomic E-state index is 12.9. The monoisotopic (exact) mass is 445 g/mol. The number of likely N-dealkylation sites (tertiary alicyclic amines) is 1. The van der Waals surface area contributed by atoms with E-state index < -0.39 is 36.2 Å². The minimum Gasteiger partial charge on any atom is -0.493 e. The number of carbonyl (C=O) groups excluding carboxylic acids is 3. The Morgan fingerprint density at radius 1 is 1.31 bits per heavy atom. The van der Waals surface area contributed by atoms with Crippen LogP contribution in [0.3, 0.4) is 0 Å². The quantitative estimate of drug-likeness (QED) is 0.410. The third-order valence-corrected chi connectivity index (χ3v) is 6.15. The zero-order valence-corrected chi connectivity index (χ0v) is 18.5. The van der Waals surface area contributed by atoms with Crippen molar-refractivity contribution >= 4 is 17.9 Å². The molecule has 1 fully saturated rings. The van der Waals surface area contributed by atoms with Crippen LogP contribution in [-0.4, -0.2) is 73.0 Å².